The monoisotopic (exact) mass is 144 g/mol. The third kappa shape index (κ3) is 3.86. The summed E-state index contributed by atoms with van der Waals surface area (Å²) in [5.41, 5.74) is 0. The van der Waals surface area contributed by atoms with Crippen molar-refractivity contribution >= 4 is 11.6 Å². The molecule has 0 bridgehead atoms. The van der Waals surface area contributed by atoms with Crippen LogP contribution in [0.4, 0.5) is 0 Å². The summed E-state index contributed by atoms with van der Waals surface area (Å²) in [6.07, 6.45) is 3.11. The van der Waals surface area contributed by atoms with Crippen LogP contribution < -0.4 is 0 Å². The molecular weight excluding hydrogens is 136 g/mol. The van der Waals surface area contributed by atoms with Gasteiger partial charge in [-0.15, -0.1) is 0 Å². The van der Waals surface area contributed by atoms with E-state index >= 15 is 0 Å². The van der Waals surface area contributed by atoms with E-state index in [-0.39, 0.29) is 0 Å². The first-order valence-corrected chi connectivity index (χ1v) is 2.81. The highest BCUT2D eigenvalue weighted by Crippen LogP contribution is 2.05. The van der Waals surface area contributed by atoms with Gasteiger partial charge in [-0.3, -0.25) is 0 Å². The van der Waals surface area contributed by atoms with Crippen LogP contribution in [0.15, 0.2) is 36.1 Å². The van der Waals surface area contributed by atoms with E-state index in [2.05, 4.69) is 13.2 Å². The van der Waals surface area contributed by atoms with Crippen molar-refractivity contribution in [3.8, 4) is 0 Å². The van der Waals surface area contributed by atoms with E-state index in [4.69, 9.17) is 16.3 Å². The minimum Gasteiger partial charge on any atom is -0.497 e. The van der Waals surface area contributed by atoms with Crippen LogP contribution in [-0.4, -0.2) is 7.11 Å². The van der Waals surface area contributed by atoms with Gasteiger partial charge in [-0.25, -0.2) is 0 Å². The molecule has 0 aromatic heterocycles. The average Bonchev–Trinajstić information content (AvgIpc) is 1.87. The number of rotatable bonds is 3. The molecule has 50 valence electrons. The van der Waals surface area contributed by atoms with Gasteiger partial charge >= 0.3 is 0 Å². The molecule has 0 unspecified atom stereocenters. The van der Waals surface area contributed by atoms with E-state index in [0.717, 1.165) is 0 Å². The fourth-order valence-corrected chi connectivity index (χ4v) is 0.393. The molecule has 0 aromatic carbocycles. The maximum Gasteiger partial charge on any atom is 0.113 e. The molecule has 0 radical (unpaired) electrons. The van der Waals surface area contributed by atoms with Crippen molar-refractivity contribution in [2.45, 2.75) is 0 Å². The molecule has 0 saturated carbocycles. The zero-order valence-electron chi connectivity index (χ0n) is 5.36. The van der Waals surface area contributed by atoms with Crippen LogP contribution in [0.3, 0.4) is 0 Å². The Kier molecular flexibility index (Phi) is 3.89. The first-order chi connectivity index (χ1) is 4.20. The number of methoxy groups -OCH3 is 1. The minimum absolute atomic E-state index is 0.528. The Morgan fingerprint density at radius 2 is 2.22 bits per heavy atom. The molecular formula is C7H9ClO. The second-order valence-electron chi connectivity index (χ2n) is 1.40. The highest BCUT2D eigenvalue weighted by atomic mass is 35.5. The molecule has 9 heavy (non-hydrogen) atoms. The van der Waals surface area contributed by atoms with Gasteiger partial charge in [0.05, 0.1) is 7.11 Å². The number of ether oxygens (including phenoxy) is 1. The van der Waals surface area contributed by atoms with Crippen LogP contribution >= 0.6 is 11.6 Å². The summed E-state index contributed by atoms with van der Waals surface area (Å²) in [4.78, 5) is 0. The summed E-state index contributed by atoms with van der Waals surface area (Å²) in [6.45, 7) is 6.98. The van der Waals surface area contributed by atoms with E-state index in [1.54, 1.807) is 6.08 Å². The smallest absolute Gasteiger partial charge is 0.113 e. The third-order valence-electron chi connectivity index (χ3n) is 0.756. The fourth-order valence-electron chi connectivity index (χ4n) is 0.272. The maximum atomic E-state index is 5.54. The molecule has 0 saturated heterocycles. The zero-order valence-corrected chi connectivity index (χ0v) is 6.11. The molecule has 0 spiro atoms. The van der Waals surface area contributed by atoms with Gasteiger partial charge in [0, 0.05) is 5.03 Å². The lowest BCUT2D eigenvalue weighted by atomic mass is 10.4. The van der Waals surface area contributed by atoms with Crippen molar-refractivity contribution in [2.75, 3.05) is 7.11 Å². The van der Waals surface area contributed by atoms with Gasteiger partial charge in [-0.2, -0.15) is 0 Å². The van der Waals surface area contributed by atoms with Crippen molar-refractivity contribution in [1.29, 1.82) is 0 Å². The van der Waals surface area contributed by atoms with E-state index in [1.165, 1.54) is 13.2 Å². The van der Waals surface area contributed by atoms with Gasteiger partial charge in [0.15, 0.2) is 0 Å². The summed E-state index contributed by atoms with van der Waals surface area (Å²) in [5, 5.41) is 0.529. The normalized spacial score (nSPS) is 10.7. The van der Waals surface area contributed by atoms with E-state index in [0.29, 0.717) is 10.8 Å². The van der Waals surface area contributed by atoms with Crippen LogP contribution in [0.5, 0.6) is 0 Å². The Morgan fingerprint density at radius 3 is 2.56 bits per heavy atom. The fraction of sp³-hybridized carbons (Fsp3) is 0.143. The lowest BCUT2D eigenvalue weighted by Crippen LogP contribution is -1.77. The predicted molar refractivity (Wildman–Crippen MR) is 40.3 cm³/mol. The summed E-state index contributed by atoms with van der Waals surface area (Å²) in [7, 11) is 1.53. The molecule has 0 N–H and O–H groups in total. The Balaban J connectivity index is 3.94. The van der Waals surface area contributed by atoms with Crippen molar-refractivity contribution in [2.24, 2.45) is 0 Å². The molecule has 0 aliphatic carbocycles. The number of hydrogen-bond acceptors (Lipinski definition) is 1. The second kappa shape index (κ2) is 4.21. The lowest BCUT2D eigenvalue weighted by molar-refractivity contribution is 0.308. The Labute approximate surface area is 60.3 Å². The molecule has 0 fully saturated rings. The summed E-state index contributed by atoms with van der Waals surface area (Å²) < 4.78 is 4.72. The standard InChI is InChI=1S/C7H9ClO/c1-4-7(8)5-6(2)9-3/h4-5H,1-2H2,3H3. The molecule has 0 rings (SSSR count). The van der Waals surface area contributed by atoms with Crippen LogP contribution in [0, 0.1) is 0 Å². The van der Waals surface area contributed by atoms with Crippen molar-refractivity contribution in [3.63, 3.8) is 0 Å². The van der Waals surface area contributed by atoms with Gasteiger partial charge in [0.1, 0.15) is 5.76 Å². The Bertz CT molecular complexity index is 147. The number of allylic oxidation sites excluding steroid dienone is 3. The molecule has 1 nitrogen and oxygen atoms in total. The minimum atomic E-state index is 0.528. The SMILES string of the molecule is C=CC(Cl)=CC(=C)OC. The topological polar surface area (TPSA) is 9.23 Å². The van der Waals surface area contributed by atoms with Crippen LogP contribution in [0.25, 0.3) is 0 Å². The van der Waals surface area contributed by atoms with Gasteiger partial charge in [-0.05, 0) is 6.08 Å². The second-order valence-corrected chi connectivity index (χ2v) is 1.84. The van der Waals surface area contributed by atoms with Crippen molar-refractivity contribution < 1.29 is 4.74 Å². The lowest BCUT2D eigenvalue weighted by Gasteiger charge is -1.94. The first-order valence-electron chi connectivity index (χ1n) is 2.43. The number of halogens is 1. The first kappa shape index (κ1) is 8.31. The molecule has 0 amide bonds. The average molecular weight is 145 g/mol. The van der Waals surface area contributed by atoms with Gasteiger partial charge in [0.2, 0.25) is 0 Å². The summed E-state index contributed by atoms with van der Waals surface area (Å²) in [5.74, 6) is 0.528. The zero-order chi connectivity index (χ0) is 7.28. The van der Waals surface area contributed by atoms with Crippen molar-refractivity contribution in [1.82, 2.24) is 0 Å². The summed E-state index contributed by atoms with van der Waals surface area (Å²) >= 11 is 5.54. The molecule has 0 aliphatic heterocycles. The molecule has 0 atom stereocenters. The van der Waals surface area contributed by atoms with Crippen LogP contribution in [0.1, 0.15) is 0 Å². The Hall–Kier alpha value is -0.690. The Morgan fingerprint density at radius 1 is 1.67 bits per heavy atom. The molecule has 0 aromatic rings. The molecule has 0 heterocycles. The molecule has 0 aliphatic rings. The van der Waals surface area contributed by atoms with E-state index in [9.17, 15) is 0 Å². The maximum absolute atomic E-state index is 5.54. The largest absolute Gasteiger partial charge is 0.497 e. The predicted octanol–water partition coefficient (Wildman–Crippen LogP) is 2.46. The highest BCUT2D eigenvalue weighted by molar-refractivity contribution is 6.31. The van der Waals surface area contributed by atoms with Crippen LogP contribution in [0.2, 0.25) is 0 Å². The van der Waals surface area contributed by atoms with Crippen LogP contribution in [-0.2, 0) is 4.74 Å². The van der Waals surface area contributed by atoms with Gasteiger partial charge in [-0.1, -0.05) is 30.8 Å². The third-order valence-corrected chi connectivity index (χ3v) is 1.02. The summed E-state index contributed by atoms with van der Waals surface area (Å²) in [6, 6.07) is 0. The quantitative estimate of drug-likeness (QED) is 0.437. The van der Waals surface area contributed by atoms with Gasteiger partial charge in [0.25, 0.3) is 0 Å². The highest BCUT2D eigenvalue weighted by Gasteiger charge is 1.85. The van der Waals surface area contributed by atoms with E-state index < -0.39 is 0 Å². The molecule has 2 heteroatoms. The number of hydrogen-bond donors (Lipinski definition) is 0. The van der Waals surface area contributed by atoms with Gasteiger partial charge < -0.3 is 4.74 Å². The van der Waals surface area contributed by atoms with E-state index in [1.807, 2.05) is 0 Å². The van der Waals surface area contributed by atoms with Crippen molar-refractivity contribution in [3.05, 3.63) is 36.1 Å².